The summed E-state index contributed by atoms with van der Waals surface area (Å²) in [7, 11) is 0. The summed E-state index contributed by atoms with van der Waals surface area (Å²) in [6, 6.07) is -0.737. The smallest absolute Gasteiger partial charge is 0.306 e. The van der Waals surface area contributed by atoms with Gasteiger partial charge in [0.05, 0.1) is 25.2 Å². The second-order valence-electron chi connectivity index (χ2n) is 18.0. The lowest BCUT2D eigenvalue weighted by Gasteiger charge is -2.24. The van der Waals surface area contributed by atoms with Crippen molar-refractivity contribution in [3.63, 3.8) is 0 Å². The van der Waals surface area contributed by atoms with Crippen molar-refractivity contribution >= 4 is 11.9 Å². The third-order valence-electron chi connectivity index (χ3n) is 11.7. The molecule has 3 N–H and O–H groups in total. The molecule has 1 amide bonds. The number of unbranched alkanes of at least 4 members (excludes halogenated alkanes) is 20. The summed E-state index contributed by atoms with van der Waals surface area (Å²) in [5.74, 6) is -0.588. The van der Waals surface area contributed by atoms with E-state index < -0.39 is 18.2 Å². The number of esters is 1. The van der Waals surface area contributed by atoms with E-state index >= 15 is 0 Å². The van der Waals surface area contributed by atoms with E-state index in [1.54, 1.807) is 0 Å². The fourth-order valence-electron chi connectivity index (χ4n) is 7.65. The van der Waals surface area contributed by atoms with E-state index in [4.69, 9.17) is 4.74 Å². The molecule has 6 heteroatoms. The number of nitrogens with one attached hydrogen (secondary N) is 1. The maximum absolute atomic E-state index is 13.2. The fourth-order valence-corrected chi connectivity index (χ4v) is 7.65. The first-order chi connectivity index (χ1) is 32.5. The quantitative estimate of drug-likeness (QED) is 0.0245. The zero-order valence-electron chi connectivity index (χ0n) is 42.8. The molecule has 6 nitrogen and oxygen atoms in total. The van der Waals surface area contributed by atoms with Gasteiger partial charge < -0.3 is 20.3 Å². The summed E-state index contributed by atoms with van der Waals surface area (Å²) in [4.78, 5) is 26.1. The Hall–Kier alpha value is -3.48. The largest absolute Gasteiger partial charge is 0.462 e. The van der Waals surface area contributed by atoms with Gasteiger partial charge in [0.1, 0.15) is 6.10 Å². The number of amides is 1. The molecule has 0 saturated carbocycles. The van der Waals surface area contributed by atoms with Crippen LogP contribution in [0.3, 0.4) is 0 Å². The molecule has 0 aliphatic heterocycles. The molecular formula is C60H101NO5. The molecule has 0 aromatic carbocycles. The third-order valence-corrected chi connectivity index (χ3v) is 11.7. The topological polar surface area (TPSA) is 95.9 Å². The van der Waals surface area contributed by atoms with Crippen LogP contribution in [0.5, 0.6) is 0 Å². The summed E-state index contributed by atoms with van der Waals surface area (Å²) >= 11 is 0. The molecule has 66 heavy (non-hydrogen) atoms. The molecule has 0 aliphatic carbocycles. The van der Waals surface area contributed by atoms with Gasteiger partial charge in [-0.25, -0.2) is 0 Å². The number of aliphatic hydroxyl groups is 2. The number of hydrogen-bond donors (Lipinski definition) is 3. The second-order valence-corrected chi connectivity index (χ2v) is 18.0. The molecule has 3 unspecified atom stereocenters. The minimum atomic E-state index is -0.818. The standard InChI is InChI=1S/C60H101NO5/c1-4-7-10-13-16-19-22-24-26-28-29-31-33-35-38-41-44-47-50-53-60(65)66-56(51-48-45-42-39-36-21-18-15-12-9-6-3)54-59(64)61-57(55-62)58(63)52-49-46-43-40-37-34-32-30-27-25-23-20-17-14-11-8-5-2/h7,9-10,12,15-16,18-19,21,24,26,29,31,35-36,38-39,42,56-58,62-63H,4-6,8,11,13-14,17,20,22-23,25,27-28,30,32-34,37,40-41,43-55H2,1-3H3,(H,61,64)/b10-7-,12-9+,18-15+,19-16-,26-24-,31-29-,36-21-,38-35-,42-39-. The molecule has 0 bridgehead atoms. The highest BCUT2D eigenvalue weighted by molar-refractivity contribution is 5.77. The molecule has 0 saturated heterocycles. The summed E-state index contributed by atoms with van der Waals surface area (Å²) in [5, 5.41) is 23.8. The molecule has 0 heterocycles. The van der Waals surface area contributed by atoms with E-state index in [-0.39, 0.29) is 24.9 Å². The predicted molar refractivity (Wildman–Crippen MR) is 287 cm³/mol. The molecule has 0 rings (SSSR count). The van der Waals surface area contributed by atoms with Crippen LogP contribution in [0.4, 0.5) is 0 Å². The number of carbonyl (C=O) groups excluding carboxylic acids is 2. The highest BCUT2D eigenvalue weighted by atomic mass is 16.5. The Labute approximate surface area is 407 Å². The summed E-state index contributed by atoms with van der Waals surface area (Å²) in [6.45, 7) is 6.20. The zero-order chi connectivity index (χ0) is 48.1. The number of allylic oxidation sites excluding steroid dienone is 18. The van der Waals surface area contributed by atoms with Crippen molar-refractivity contribution in [2.45, 2.75) is 251 Å². The average molecular weight is 916 g/mol. The normalized spacial score (nSPS) is 14.1. The van der Waals surface area contributed by atoms with Crippen molar-refractivity contribution in [2.75, 3.05) is 6.61 Å². The maximum Gasteiger partial charge on any atom is 0.306 e. The van der Waals surface area contributed by atoms with Gasteiger partial charge in [0.2, 0.25) is 5.91 Å². The first-order valence-corrected chi connectivity index (χ1v) is 27.2. The van der Waals surface area contributed by atoms with Gasteiger partial charge in [0.25, 0.3) is 0 Å². The van der Waals surface area contributed by atoms with E-state index in [1.807, 2.05) is 36.5 Å². The SMILES string of the molecule is CC/C=C\C/C=C\C/C=C\C/C=C\C/C=C\CCCCCC(=O)OC(CCC\C=C/C=C\C=C\C=C\CC)CC(=O)NC(CO)C(O)CCCCCCCCCCCCCCCCCCC. The highest BCUT2D eigenvalue weighted by Gasteiger charge is 2.24. The Morgan fingerprint density at radius 3 is 1.42 bits per heavy atom. The first-order valence-electron chi connectivity index (χ1n) is 27.2. The van der Waals surface area contributed by atoms with Crippen LogP contribution in [0.1, 0.15) is 233 Å². The maximum atomic E-state index is 13.2. The first kappa shape index (κ1) is 62.5. The molecule has 0 radical (unpaired) electrons. The zero-order valence-corrected chi connectivity index (χ0v) is 42.8. The molecule has 0 spiro atoms. The summed E-state index contributed by atoms with van der Waals surface area (Å²) < 4.78 is 5.88. The number of hydrogen-bond acceptors (Lipinski definition) is 5. The van der Waals surface area contributed by atoms with Crippen molar-refractivity contribution in [3.8, 4) is 0 Å². The number of ether oxygens (including phenoxy) is 1. The minimum Gasteiger partial charge on any atom is -0.462 e. The van der Waals surface area contributed by atoms with Gasteiger partial charge in [-0.1, -0.05) is 246 Å². The Morgan fingerprint density at radius 1 is 0.470 bits per heavy atom. The van der Waals surface area contributed by atoms with Crippen LogP contribution in [-0.4, -0.2) is 46.9 Å². The lowest BCUT2D eigenvalue weighted by molar-refractivity contribution is -0.151. The van der Waals surface area contributed by atoms with Crippen molar-refractivity contribution < 1.29 is 24.5 Å². The number of rotatable bonds is 47. The third kappa shape index (κ3) is 47.0. The second kappa shape index (κ2) is 52.5. The molecular weight excluding hydrogens is 815 g/mol. The van der Waals surface area contributed by atoms with Crippen LogP contribution >= 0.6 is 0 Å². The van der Waals surface area contributed by atoms with Crippen molar-refractivity contribution in [1.82, 2.24) is 5.32 Å². The average Bonchev–Trinajstić information content (AvgIpc) is 3.31. The van der Waals surface area contributed by atoms with Crippen LogP contribution < -0.4 is 5.32 Å². The van der Waals surface area contributed by atoms with Crippen LogP contribution in [0.15, 0.2) is 109 Å². The van der Waals surface area contributed by atoms with Gasteiger partial charge in [-0.3, -0.25) is 9.59 Å². The molecule has 3 atom stereocenters. The van der Waals surface area contributed by atoms with Gasteiger partial charge in [-0.2, -0.15) is 0 Å². The Kier molecular flexibility index (Phi) is 49.7. The van der Waals surface area contributed by atoms with Crippen molar-refractivity contribution in [1.29, 1.82) is 0 Å². The van der Waals surface area contributed by atoms with Gasteiger partial charge in [-0.15, -0.1) is 0 Å². The lowest BCUT2D eigenvalue weighted by atomic mass is 10.0. The van der Waals surface area contributed by atoms with Crippen LogP contribution in [0, 0.1) is 0 Å². The number of aliphatic hydroxyl groups excluding tert-OH is 2. The van der Waals surface area contributed by atoms with Gasteiger partial charge in [0, 0.05) is 6.42 Å². The van der Waals surface area contributed by atoms with Crippen LogP contribution in [0.2, 0.25) is 0 Å². The van der Waals surface area contributed by atoms with E-state index in [2.05, 4.69) is 99.0 Å². The van der Waals surface area contributed by atoms with Gasteiger partial charge in [0.15, 0.2) is 0 Å². The summed E-state index contributed by atoms with van der Waals surface area (Å²) in [5.41, 5.74) is 0. The van der Waals surface area contributed by atoms with E-state index in [0.717, 1.165) is 96.3 Å². The Balaban J connectivity index is 4.60. The van der Waals surface area contributed by atoms with Crippen LogP contribution in [0.25, 0.3) is 0 Å². The molecule has 376 valence electrons. The molecule has 0 aliphatic rings. The van der Waals surface area contributed by atoms with Crippen molar-refractivity contribution in [3.05, 3.63) is 109 Å². The number of carbonyl (C=O) groups is 2. The van der Waals surface area contributed by atoms with Crippen LogP contribution in [-0.2, 0) is 14.3 Å². The van der Waals surface area contributed by atoms with E-state index in [9.17, 15) is 19.8 Å². The van der Waals surface area contributed by atoms with E-state index in [1.165, 1.54) is 89.9 Å². The fraction of sp³-hybridized carbons (Fsp3) is 0.667. The van der Waals surface area contributed by atoms with Crippen molar-refractivity contribution in [2.24, 2.45) is 0 Å². The van der Waals surface area contributed by atoms with E-state index in [0.29, 0.717) is 19.3 Å². The Bertz CT molecular complexity index is 1350. The highest BCUT2D eigenvalue weighted by Crippen LogP contribution is 2.17. The summed E-state index contributed by atoms with van der Waals surface area (Å²) in [6.07, 6.45) is 71.6. The molecule has 0 aromatic rings. The van der Waals surface area contributed by atoms with Gasteiger partial charge in [-0.05, 0) is 83.5 Å². The monoisotopic (exact) mass is 916 g/mol. The molecule has 0 aromatic heterocycles. The Morgan fingerprint density at radius 2 is 0.909 bits per heavy atom. The molecule has 0 fully saturated rings. The lowest BCUT2D eigenvalue weighted by Crippen LogP contribution is -2.46. The predicted octanol–water partition coefficient (Wildman–Crippen LogP) is 16.7. The van der Waals surface area contributed by atoms with Gasteiger partial charge >= 0.3 is 5.97 Å². The minimum absolute atomic E-state index is 0.0118.